The maximum absolute atomic E-state index is 13.3. The van der Waals surface area contributed by atoms with Gasteiger partial charge in [0.25, 0.3) is 11.5 Å². The SMILES string of the molecule is COCC(COC1CCN(C2CCN(c3ccc(C#N)cn3)CC2)C1=O)Oc1cnn(Cc2ccc(OC)cc2)c(=O)c1Br. The summed E-state index contributed by atoms with van der Waals surface area (Å²) in [7, 11) is 3.15. The minimum atomic E-state index is -0.560. The Morgan fingerprint density at radius 3 is 2.45 bits per heavy atom. The molecule has 4 heterocycles. The number of carbonyl (C=O) groups is 1. The number of piperidine rings is 1. The largest absolute Gasteiger partial charge is 0.497 e. The molecule has 2 aliphatic rings. The quantitative estimate of drug-likeness (QED) is 0.284. The molecule has 2 atom stereocenters. The van der Waals surface area contributed by atoms with Crippen LogP contribution in [0, 0.1) is 11.3 Å². The van der Waals surface area contributed by atoms with Gasteiger partial charge in [0.1, 0.15) is 34.3 Å². The number of amides is 1. The number of methoxy groups -OCH3 is 2. The van der Waals surface area contributed by atoms with Gasteiger partial charge in [-0.3, -0.25) is 9.59 Å². The molecule has 0 N–H and O–H groups in total. The molecule has 0 radical (unpaired) electrons. The zero-order valence-corrected chi connectivity index (χ0v) is 26.3. The smallest absolute Gasteiger partial charge is 0.285 e. The molecule has 2 unspecified atom stereocenters. The zero-order valence-electron chi connectivity index (χ0n) is 24.7. The van der Waals surface area contributed by atoms with Crippen LogP contribution in [0.1, 0.15) is 30.4 Å². The molecule has 5 rings (SSSR count). The number of likely N-dealkylation sites (tertiary alicyclic amines) is 1. The fraction of sp³-hybridized carbons (Fsp3) is 0.452. The molecule has 44 heavy (non-hydrogen) atoms. The molecule has 232 valence electrons. The molecular formula is C31H35BrN6O6. The number of nitriles is 1. The first kappa shape index (κ1) is 31.4. The van der Waals surface area contributed by atoms with E-state index < -0.39 is 12.2 Å². The lowest BCUT2D eigenvalue weighted by molar-refractivity contribution is -0.141. The Kier molecular flexibility index (Phi) is 10.5. The molecule has 12 nitrogen and oxygen atoms in total. The van der Waals surface area contributed by atoms with Crippen LogP contribution in [0.15, 0.2) is 58.1 Å². The van der Waals surface area contributed by atoms with Crippen molar-refractivity contribution in [3.8, 4) is 17.6 Å². The maximum atomic E-state index is 13.3. The Hall–Kier alpha value is -3.99. The van der Waals surface area contributed by atoms with Crippen molar-refractivity contribution in [2.45, 2.75) is 44.1 Å². The number of hydrogen-bond donors (Lipinski definition) is 0. The van der Waals surface area contributed by atoms with Crippen molar-refractivity contribution in [2.75, 3.05) is 52.0 Å². The van der Waals surface area contributed by atoms with Gasteiger partial charge in [0, 0.05) is 45.4 Å². The van der Waals surface area contributed by atoms with Crippen molar-refractivity contribution < 1.29 is 23.7 Å². The van der Waals surface area contributed by atoms with E-state index in [1.165, 1.54) is 10.9 Å². The highest BCUT2D eigenvalue weighted by Gasteiger charge is 2.38. The van der Waals surface area contributed by atoms with Crippen LogP contribution in [0.25, 0.3) is 0 Å². The summed E-state index contributed by atoms with van der Waals surface area (Å²) in [5.41, 5.74) is 1.10. The number of halogens is 1. The van der Waals surface area contributed by atoms with E-state index in [1.807, 2.05) is 35.2 Å². The second-order valence-electron chi connectivity index (χ2n) is 10.7. The number of carbonyl (C=O) groups excluding carboxylic acids is 1. The van der Waals surface area contributed by atoms with E-state index in [1.54, 1.807) is 26.5 Å². The summed E-state index contributed by atoms with van der Waals surface area (Å²) in [4.78, 5) is 34.8. The Bertz CT molecular complexity index is 1520. The average molecular weight is 668 g/mol. The van der Waals surface area contributed by atoms with Crippen LogP contribution in [0.5, 0.6) is 11.5 Å². The fourth-order valence-electron chi connectivity index (χ4n) is 5.49. The van der Waals surface area contributed by atoms with Gasteiger partial charge in [-0.15, -0.1) is 0 Å². The predicted molar refractivity (Wildman–Crippen MR) is 165 cm³/mol. The second kappa shape index (κ2) is 14.7. The first-order valence-corrected chi connectivity index (χ1v) is 15.3. The van der Waals surface area contributed by atoms with Crippen LogP contribution in [0.3, 0.4) is 0 Å². The van der Waals surface area contributed by atoms with Crippen LogP contribution >= 0.6 is 15.9 Å². The van der Waals surface area contributed by atoms with Gasteiger partial charge in [0.2, 0.25) is 0 Å². The third kappa shape index (κ3) is 7.38. The summed E-state index contributed by atoms with van der Waals surface area (Å²) in [6.45, 7) is 2.81. The topological polar surface area (TPSA) is 132 Å². The minimum absolute atomic E-state index is 0.0138. The van der Waals surface area contributed by atoms with Crippen molar-refractivity contribution in [3.63, 3.8) is 0 Å². The monoisotopic (exact) mass is 666 g/mol. The highest BCUT2D eigenvalue weighted by molar-refractivity contribution is 9.10. The lowest BCUT2D eigenvalue weighted by atomic mass is 10.0. The summed E-state index contributed by atoms with van der Waals surface area (Å²) in [5.74, 6) is 1.84. The first-order valence-electron chi connectivity index (χ1n) is 14.5. The molecule has 13 heteroatoms. The van der Waals surface area contributed by atoms with Crippen LogP contribution in [0.2, 0.25) is 0 Å². The summed E-state index contributed by atoms with van der Waals surface area (Å²) in [6.07, 6.45) is 4.22. The summed E-state index contributed by atoms with van der Waals surface area (Å²) >= 11 is 3.37. The summed E-state index contributed by atoms with van der Waals surface area (Å²) in [6, 6.07) is 13.3. The van der Waals surface area contributed by atoms with Gasteiger partial charge in [0.05, 0.1) is 38.6 Å². The van der Waals surface area contributed by atoms with E-state index in [-0.39, 0.29) is 47.5 Å². The normalized spacial score (nSPS) is 17.9. The van der Waals surface area contributed by atoms with Crippen LogP contribution in [-0.4, -0.2) is 90.9 Å². The number of ether oxygens (including phenoxy) is 4. The van der Waals surface area contributed by atoms with Crippen LogP contribution in [0.4, 0.5) is 5.82 Å². The molecule has 2 fully saturated rings. The van der Waals surface area contributed by atoms with Crippen molar-refractivity contribution in [3.05, 3.63) is 74.7 Å². The molecule has 2 aromatic heterocycles. The molecule has 0 bridgehead atoms. The average Bonchev–Trinajstić information content (AvgIpc) is 3.43. The molecular weight excluding hydrogens is 632 g/mol. The molecule has 2 aliphatic heterocycles. The third-order valence-corrected chi connectivity index (χ3v) is 8.60. The van der Waals surface area contributed by atoms with E-state index in [4.69, 9.17) is 24.2 Å². The van der Waals surface area contributed by atoms with E-state index in [0.29, 0.717) is 18.5 Å². The van der Waals surface area contributed by atoms with Gasteiger partial charge in [-0.2, -0.15) is 10.4 Å². The minimum Gasteiger partial charge on any atom is -0.497 e. The Morgan fingerprint density at radius 2 is 1.80 bits per heavy atom. The van der Waals surface area contributed by atoms with Crippen molar-refractivity contribution in [1.29, 1.82) is 5.26 Å². The van der Waals surface area contributed by atoms with Gasteiger partial charge in [-0.05, 0) is 58.6 Å². The van der Waals surface area contributed by atoms with Crippen molar-refractivity contribution in [1.82, 2.24) is 19.7 Å². The number of aromatic nitrogens is 3. The maximum Gasteiger partial charge on any atom is 0.285 e. The zero-order chi connectivity index (χ0) is 31.1. The highest BCUT2D eigenvalue weighted by Crippen LogP contribution is 2.27. The summed E-state index contributed by atoms with van der Waals surface area (Å²) < 4.78 is 24.2. The Morgan fingerprint density at radius 1 is 1.02 bits per heavy atom. The number of nitrogens with zero attached hydrogens (tertiary/aromatic N) is 6. The molecule has 1 aromatic carbocycles. The van der Waals surface area contributed by atoms with Crippen LogP contribution < -0.4 is 19.9 Å². The molecule has 0 aliphatic carbocycles. The van der Waals surface area contributed by atoms with Crippen molar-refractivity contribution in [2.24, 2.45) is 0 Å². The predicted octanol–water partition coefficient (Wildman–Crippen LogP) is 3.01. The van der Waals surface area contributed by atoms with Gasteiger partial charge in [-0.1, -0.05) is 12.1 Å². The number of pyridine rings is 1. The van der Waals surface area contributed by atoms with E-state index in [2.05, 4.69) is 37.0 Å². The lowest BCUT2D eigenvalue weighted by Gasteiger charge is -2.37. The fourth-order valence-corrected chi connectivity index (χ4v) is 5.89. The molecule has 0 saturated carbocycles. The molecule has 2 saturated heterocycles. The highest BCUT2D eigenvalue weighted by atomic mass is 79.9. The molecule has 1 amide bonds. The number of hydrogen-bond acceptors (Lipinski definition) is 10. The molecule has 0 spiro atoms. The Labute approximate surface area is 264 Å². The van der Waals surface area contributed by atoms with Crippen molar-refractivity contribution >= 4 is 27.7 Å². The molecule has 3 aromatic rings. The Balaban J connectivity index is 1.13. The van der Waals surface area contributed by atoms with E-state index in [9.17, 15) is 9.59 Å². The second-order valence-corrected chi connectivity index (χ2v) is 11.5. The van der Waals surface area contributed by atoms with Crippen LogP contribution in [-0.2, 0) is 20.8 Å². The van der Waals surface area contributed by atoms with Gasteiger partial charge < -0.3 is 28.7 Å². The standard InChI is InChI=1S/C31H35BrN6O6/c1-41-19-25(44-27-17-35-38(31(40)29(27)32)18-21-3-6-24(42-2)7-4-21)20-43-26-11-14-37(30(26)39)23-9-12-36(13-10-23)28-8-5-22(15-33)16-34-28/h3-8,16-17,23,25-26H,9-14,18-20H2,1-2H3. The first-order chi connectivity index (χ1) is 21.4. The number of rotatable bonds is 12. The van der Waals surface area contributed by atoms with Gasteiger partial charge >= 0.3 is 0 Å². The third-order valence-electron chi connectivity index (χ3n) is 7.87. The van der Waals surface area contributed by atoms with E-state index in [0.717, 1.165) is 43.1 Å². The van der Waals surface area contributed by atoms with Gasteiger partial charge in [-0.25, -0.2) is 9.67 Å². The summed E-state index contributed by atoms with van der Waals surface area (Å²) in [5, 5.41) is 13.3. The van der Waals surface area contributed by atoms with E-state index >= 15 is 0 Å². The number of anilines is 1. The lowest BCUT2D eigenvalue weighted by Crippen LogP contribution is -2.47. The number of benzene rings is 1. The van der Waals surface area contributed by atoms with Gasteiger partial charge in [0.15, 0.2) is 5.75 Å².